The van der Waals surface area contributed by atoms with Crippen molar-refractivity contribution in [1.82, 2.24) is 0 Å². The van der Waals surface area contributed by atoms with Gasteiger partial charge in [-0.25, -0.2) is 0 Å². The third kappa shape index (κ3) is 9.05. The predicted octanol–water partition coefficient (Wildman–Crippen LogP) is 1.58. The zero-order valence-electron chi connectivity index (χ0n) is 15.9. The normalized spacial score (nSPS) is 11.1. The largest absolute Gasteiger partial charge is 0.392 e. The number of ether oxygens (including phenoxy) is 2. The fourth-order valence-corrected chi connectivity index (χ4v) is 2.76. The summed E-state index contributed by atoms with van der Waals surface area (Å²) in [4.78, 5) is 46.8. The van der Waals surface area contributed by atoms with Crippen molar-refractivity contribution in [3.63, 3.8) is 0 Å². The van der Waals surface area contributed by atoms with Crippen LogP contribution in [0, 0.1) is 5.41 Å². The molecule has 0 heterocycles. The van der Waals surface area contributed by atoms with Gasteiger partial charge in [0.1, 0.15) is 0 Å². The van der Waals surface area contributed by atoms with Crippen molar-refractivity contribution >= 4 is 23.9 Å². The molecule has 0 aromatic rings. The van der Waals surface area contributed by atoms with Crippen molar-refractivity contribution in [3.8, 4) is 0 Å². The van der Waals surface area contributed by atoms with E-state index in [-0.39, 0.29) is 19.5 Å². The van der Waals surface area contributed by atoms with Gasteiger partial charge in [-0.2, -0.15) is 0 Å². The molecular weight excluding hydrogens is 340 g/mol. The summed E-state index contributed by atoms with van der Waals surface area (Å²) in [6.45, 7) is 3.29. The van der Waals surface area contributed by atoms with Crippen LogP contribution in [-0.4, -0.2) is 37.0 Å². The Kier molecular flexibility index (Phi) is 12.5. The van der Waals surface area contributed by atoms with Crippen LogP contribution in [0.3, 0.4) is 0 Å². The van der Waals surface area contributed by atoms with Crippen LogP contribution in [0.1, 0.15) is 71.6 Å². The lowest BCUT2D eigenvalue weighted by atomic mass is 9.74. The van der Waals surface area contributed by atoms with Crippen LogP contribution in [0.15, 0.2) is 0 Å². The van der Waals surface area contributed by atoms with Gasteiger partial charge >= 0.3 is 23.9 Å². The molecule has 0 aliphatic carbocycles. The molecule has 0 rings (SSSR count). The van der Waals surface area contributed by atoms with E-state index >= 15 is 0 Å². The molecule has 0 bridgehead atoms. The minimum atomic E-state index is -0.838. The first-order valence-corrected chi connectivity index (χ1v) is 9.24. The number of nitrogens with two attached hydrogens (primary N) is 2. The molecule has 0 unspecified atom stereocenters. The number of carbonyl (C=O) groups is 4. The molecule has 150 valence electrons. The molecule has 0 aromatic heterocycles. The van der Waals surface area contributed by atoms with Crippen LogP contribution in [0.25, 0.3) is 0 Å². The average molecular weight is 372 g/mol. The second kappa shape index (κ2) is 13.4. The quantitative estimate of drug-likeness (QED) is 0.367. The summed E-state index contributed by atoms with van der Waals surface area (Å²) in [5.41, 5.74) is 9.49. The Morgan fingerprint density at radius 3 is 1.65 bits per heavy atom. The Labute approximate surface area is 154 Å². The number of carbonyl (C=O) groups excluding carboxylic acids is 4. The Morgan fingerprint density at radius 1 is 0.731 bits per heavy atom. The number of unbranched alkanes of at least 4 members (excludes halogenated alkanes) is 2. The van der Waals surface area contributed by atoms with E-state index in [1.807, 2.05) is 13.8 Å². The Hall–Kier alpha value is -1.80. The molecule has 0 aliphatic heterocycles. The molecule has 0 saturated carbocycles. The molecule has 8 heteroatoms. The zero-order valence-corrected chi connectivity index (χ0v) is 15.9. The molecule has 26 heavy (non-hydrogen) atoms. The Morgan fingerprint density at radius 2 is 1.19 bits per heavy atom. The van der Waals surface area contributed by atoms with Crippen molar-refractivity contribution in [2.45, 2.75) is 71.6 Å². The molecule has 4 N–H and O–H groups in total. The fourth-order valence-electron chi connectivity index (χ4n) is 2.76. The third-order valence-corrected chi connectivity index (χ3v) is 4.25. The van der Waals surface area contributed by atoms with E-state index in [4.69, 9.17) is 16.2 Å². The van der Waals surface area contributed by atoms with Gasteiger partial charge in [-0.15, -0.1) is 0 Å². The fraction of sp³-hybridized carbons (Fsp3) is 0.778. The van der Waals surface area contributed by atoms with Gasteiger partial charge in [0.05, 0.1) is 18.5 Å². The second-order valence-corrected chi connectivity index (χ2v) is 6.36. The lowest BCUT2D eigenvalue weighted by Crippen LogP contribution is -2.36. The summed E-state index contributed by atoms with van der Waals surface area (Å²) in [7, 11) is 0. The van der Waals surface area contributed by atoms with Crippen LogP contribution >= 0.6 is 0 Å². The van der Waals surface area contributed by atoms with Crippen molar-refractivity contribution in [2.75, 3.05) is 13.1 Å². The molecule has 0 saturated heterocycles. The molecule has 0 aromatic carbocycles. The number of hydrogen-bond acceptors (Lipinski definition) is 8. The van der Waals surface area contributed by atoms with Gasteiger partial charge in [-0.3, -0.25) is 19.2 Å². The maximum absolute atomic E-state index is 12.7. The maximum Gasteiger partial charge on any atom is 0.327 e. The molecule has 0 amide bonds. The number of rotatable bonds is 13. The van der Waals surface area contributed by atoms with Crippen molar-refractivity contribution in [3.05, 3.63) is 0 Å². The van der Waals surface area contributed by atoms with E-state index in [1.165, 1.54) is 0 Å². The highest BCUT2D eigenvalue weighted by atomic mass is 16.6. The van der Waals surface area contributed by atoms with Crippen LogP contribution in [0.2, 0.25) is 0 Å². The first-order valence-electron chi connectivity index (χ1n) is 9.24. The van der Waals surface area contributed by atoms with Crippen molar-refractivity contribution < 1.29 is 28.7 Å². The minimum Gasteiger partial charge on any atom is -0.392 e. The first kappa shape index (κ1) is 24.2. The summed E-state index contributed by atoms with van der Waals surface area (Å²) in [5.74, 6) is -2.81. The molecule has 0 atom stereocenters. The molecular formula is C18H32N2O6. The third-order valence-electron chi connectivity index (χ3n) is 4.25. The topological polar surface area (TPSA) is 139 Å². The Bertz CT molecular complexity index is 470. The molecule has 0 aliphatic rings. The van der Waals surface area contributed by atoms with E-state index < -0.39 is 29.3 Å². The maximum atomic E-state index is 12.7. The lowest BCUT2D eigenvalue weighted by Gasteiger charge is -2.31. The highest BCUT2D eigenvalue weighted by Gasteiger charge is 2.39. The van der Waals surface area contributed by atoms with Crippen LogP contribution in [0.4, 0.5) is 0 Å². The second-order valence-electron chi connectivity index (χ2n) is 6.36. The van der Waals surface area contributed by atoms with E-state index in [0.29, 0.717) is 25.7 Å². The monoisotopic (exact) mass is 372 g/mol. The number of hydrogen-bond donors (Lipinski definition) is 2. The van der Waals surface area contributed by atoms with E-state index in [0.717, 1.165) is 25.7 Å². The highest BCUT2D eigenvalue weighted by Crippen LogP contribution is 2.38. The predicted molar refractivity (Wildman–Crippen MR) is 95.6 cm³/mol. The molecule has 0 spiro atoms. The van der Waals surface area contributed by atoms with E-state index in [2.05, 4.69) is 4.74 Å². The first-order chi connectivity index (χ1) is 12.3. The average Bonchev–Trinajstić information content (AvgIpc) is 2.63. The summed E-state index contributed by atoms with van der Waals surface area (Å²) < 4.78 is 9.44. The van der Waals surface area contributed by atoms with Gasteiger partial charge in [-0.05, 0) is 25.7 Å². The SMILES string of the molecule is CCCCC(CCCC)(CCCC(=O)OC(=O)CN)C(=O)OC(=O)CN. The van der Waals surface area contributed by atoms with Gasteiger partial charge in [-0.1, -0.05) is 39.5 Å². The van der Waals surface area contributed by atoms with Crippen LogP contribution in [0.5, 0.6) is 0 Å². The Balaban J connectivity index is 5.07. The van der Waals surface area contributed by atoms with E-state index in [1.54, 1.807) is 0 Å². The van der Waals surface area contributed by atoms with E-state index in [9.17, 15) is 19.2 Å². The van der Waals surface area contributed by atoms with Crippen molar-refractivity contribution in [1.29, 1.82) is 0 Å². The molecule has 0 fully saturated rings. The zero-order chi connectivity index (χ0) is 20.0. The van der Waals surface area contributed by atoms with Gasteiger partial charge in [0.15, 0.2) is 0 Å². The van der Waals surface area contributed by atoms with Crippen LogP contribution in [-0.2, 0) is 28.7 Å². The van der Waals surface area contributed by atoms with Gasteiger partial charge in [0.2, 0.25) is 0 Å². The highest BCUT2D eigenvalue weighted by molar-refractivity contribution is 5.89. The summed E-state index contributed by atoms with van der Waals surface area (Å²) in [6, 6.07) is 0. The summed E-state index contributed by atoms with van der Waals surface area (Å²) in [5, 5.41) is 0. The van der Waals surface area contributed by atoms with Gasteiger partial charge in [0.25, 0.3) is 0 Å². The molecule has 8 nitrogen and oxygen atoms in total. The lowest BCUT2D eigenvalue weighted by molar-refractivity contribution is -0.169. The summed E-state index contributed by atoms with van der Waals surface area (Å²) >= 11 is 0. The standard InChI is InChI=1S/C18H32N2O6/c1-3-5-9-18(10-6-4-2,17(24)26-16(23)13-20)11-7-8-14(21)25-15(22)12-19/h3-13,19-20H2,1-2H3. The van der Waals surface area contributed by atoms with Crippen LogP contribution < -0.4 is 11.5 Å². The molecule has 0 radical (unpaired) electrons. The van der Waals surface area contributed by atoms with Gasteiger partial charge < -0.3 is 20.9 Å². The summed E-state index contributed by atoms with van der Waals surface area (Å²) in [6.07, 6.45) is 5.21. The van der Waals surface area contributed by atoms with Crippen molar-refractivity contribution in [2.24, 2.45) is 16.9 Å². The smallest absolute Gasteiger partial charge is 0.327 e. The minimum absolute atomic E-state index is 0.0101. The number of esters is 4. The van der Waals surface area contributed by atoms with Gasteiger partial charge in [0, 0.05) is 6.42 Å².